The number of benzene rings is 2. The largest absolute Gasteiger partial charge is 0.490 e. The minimum atomic E-state index is -5.13. The molecule has 1 atom stereocenters. The number of amides is 1. The standard InChI is InChI=1S/C20H16F8N2O2.C2HF3O2/c21-14-8-17(15(22)4-10(14)9-30-18(31)16-2-1-3-29-16)32-13-6-11(19(23,24)25)5-12(7-13)20(26,27)28;3-2(4,5)1(6)7/h4-8,16,29H,1-3,9H2,(H,30,31);(H,6,7)/t16-;/m0./s1. The van der Waals surface area contributed by atoms with Crippen LogP contribution in [0.5, 0.6) is 11.5 Å². The number of hydrogen-bond acceptors (Lipinski definition) is 4. The van der Waals surface area contributed by atoms with Crippen molar-refractivity contribution in [3.8, 4) is 11.5 Å². The molecule has 0 aliphatic carbocycles. The first-order valence-electron chi connectivity index (χ1n) is 10.6. The third-order valence-corrected chi connectivity index (χ3v) is 4.96. The van der Waals surface area contributed by atoms with E-state index < -0.39 is 70.7 Å². The van der Waals surface area contributed by atoms with Gasteiger partial charge in [0.15, 0.2) is 11.6 Å². The van der Waals surface area contributed by atoms with Gasteiger partial charge in [-0.2, -0.15) is 39.5 Å². The van der Waals surface area contributed by atoms with Crippen molar-refractivity contribution in [3.63, 3.8) is 0 Å². The molecule has 1 aliphatic heterocycles. The second-order valence-corrected chi connectivity index (χ2v) is 7.89. The molecule has 0 radical (unpaired) electrons. The maximum atomic E-state index is 14.3. The first kappa shape index (κ1) is 31.6. The second kappa shape index (κ2) is 12.0. The smallest absolute Gasteiger partial charge is 0.475 e. The van der Waals surface area contributed by atoms with Gasteiger partial charge < -0.3 is 20.5 Å². The van der Waals surface area contributed by atoms with Gasteiger partial charge in [0.05, 0.1) is 17.2 Å². The molecular weight excluding hydrogens is 565 g/mol. The van der Waals surface area contributed by atoms with Gasteiger partial charge in [0.25, 0.3) is 0 Å². The van der Waals surface area contributed by atoms with Crippen molar-refractivity contribution >= 4 is 11.9 Å². The molecule has 1 fully saturated rings. The summed E-state index contributed by atoms with van der Waals surface area (Å²) in [5.74, 6) is -7.36. The van der Waals surface area contributed by atoms with E-state index in [0.717, 1.165) is 6.42 Å². The van der Waals surface area contributed by atoms with Gasteiger partial charge in [-0.1, -0.05) is 0 Å². The maximum absolute atomic E-state index is 14.3. The van der Waals surface area contributed by atoms with Gasteiger partial charge in [0.1, 0.15) is 11.6 Å². The van der Waals surface area contributed by atoms with E-state index >= 15 is 0 Å². The fraction of sp³-hybridized carbons (Fsp3) is 0.364. The molecule has 1 aliphatic rings. The number of carbonyl (C=O) groups excluding carboxylic acids is 1. The van der Waals surface area contributed by atoms with E-state index in [-0.39, 0.29) is 30.3 Å². The highest BCUT2D eigenvalue weighted by Crippen LogP contribution is 2.39. The number of alkyl halides is 9. The summed E-state index contributed by atoms with van der Waals surface area (Å²) in [4.78, 5) is 20.8. The van der Waals surface area contributed by atoms with Gasteiger partial charge in [-0.15, -0.1) is 0 Å². The molecule has 39 heavy (non-hydrogen) atoms. The normalized spacial score (nSPS) is 15.8. The average molecular weight is 582 g/mol. The monoisotopic (exact) mass is 582 g/mol. The summed E-state index contributed by atoms with van der Waals surface area (Å²) in [6.45, 7) is 0.278. The van der Waals surface area contributed by atoms with Gasteiger partial charge >= 0.3 is 24.5 Å². The lowest BCUT2D eigenvalue weighted by Crippen LogP contribution is -2.40. The first-order chi connectivity index (χ1) is 17.8. The van der Waals surface area contributed by atoms with Crippen molar-refractivity contribution in [1.82, 2.24) is 10.6 Å². The number of nitrogens with one attached hydrogen (secondary N) is 2. The molecule has 1 amide bonds. The summed E-state index contributed by atoms with van der Waals surface area (Å²) in [5, 5.41) is 12.5. The Morgan fingerprint density at radius 3 is 1.87 bits per heavy atom. The third kappa shape index (κ3) is 9.26. The van der Waals surface area contributed by atoms with Crippen molar-refractivity contribution in [1.29, 1.82) is 0 Å². The number of carboxylic acids is 1. The SMILES string of the molecule is O=C(NCc1cc(F)c(Oc2cc(C(F)(F)F)cc(C(F)(F)F)c2)cc1F)[C@@H]1CCCN1.O=C(O)C(F)(F)F. The molecule has 0 saturated carbocycles. The lowest BCUT2D eigenvalue weighted by molar-refractivity contribution is -0.192. The Labute approximate surface area is 211 Å². The van der Waals surface area contributed by atoms with E-state index in [1.54, 1.807) is 0 Å². The molecule has 1 heterocycles. The van der Waals surface area contributed by atoms with Gasteiger partial charge in [-0.05, 0) is 43.7 Å². The number of ether oxygens (including phenoxy) is 1. The van der Waals surface area contributed by atoms with E-state index in [1.807, 2.05) is 0 Å². The molecule has 3 N–H and O–H groups in total. The van der Waals surface area contributed by atoms with Crippen LogP contribution in [-0.2, 0) is 28.5 Å². The summed E-state index contributed by atoms with van der Waals surface area (Å²) >= 11 is 0. The Hall–Kier alpha value is -3.63. The quantitative estimate of drug-likeness (QED) is 0.389. The van der Waals surface area contributed by atoms with Crippen LogP contribution < -0.4 is 15.4 Å². The zero-order chi connectivity index (χ0) is 29.8. The van der Waals surface area contributed by atoms with Crippen LogP contribution in [0.15, 0.2) is 30.3 Å². The lowest BCUT2D eigenvalue weighted by Gasteiger charge is -2.16. The predicted octanol–water partition coefficient (Wildman–Crippen LogP) is 5.80. The van der Waals surface area contributed by atoms with Gasteiger partial charge in [-0.3, -0.25) is 4.79 Å². The molecular formula is C22H17F11N2O4. The van der Waals surface area contributed by atoms with Crippen LogP contribution in [0, 0.1) is 11.6 Å². The topological polar surface area (TPSA) is 87.7 Å². The van der Waals surface area contributed by atoms with Gasteiger partial charge in [0, 0.05) is 18.2 Å². The fourth-order valence-corrected chi connectivity index (χ4v) is 3.11. The molecule has 2 aromatic carbocycles. The zero-order valence-corrected chi connectivity index (χ0v) is 19.1. The van der Waals surface area contributed by atoms with Crippen molar-refractivity contribution in [2.24, 2.45) is 0 Å². The minimum absolute atomic E-state index is 0.116. The van der Waals surface area contributed by atoms with Crippen molar-refractivity contribution in [2.75, 3.05) is 6.54 Å². The highest BCUT2D eigenvalue weighted by molar-refractivity contribution is 5.82. The van der Waals surface area contributed by atoms with Crippen LogP contribution in [-0.4, -0.2) is 35.7 Å². The fourth-order valence-electron chi connectivity index (χ4n) is 3.11. The van der Waals surface area contributed by atoms with E-state index in [0.29, 0.717) is 25.1 Å². The number of carboxylic acid groups (broad SMARTS) is 1. The van der Waals surface area contributed by atoms with E-state index in [9.17, 15) is 53.1 Å². The Morgan fingerprint density at radius 1 is 0.897 bits per heavy atom. The van der Waals surface area contributed by atoms with Gasteiger partial charge in [-0.25, -0.2) is 13.6 Å². The van der Waals surface area contributed by atoms with Crippen LogP contribution in [0.1, 0.15) is 29.5 Å². The Balaban J connectivity index is 0.000000673. The maximum Gasteiger partial charge on any atom is 0.490 e. The Bertz CT molecular complexity index is 1160. The number of aliphatic carboxylic acids is 1. The molecule has 0 spiro atoms. The molecule has 216 valence electrons. The molecule has 17 heteroatoms. The van der Waals surface area contributed by atoms with Crippen molar-refractivity contribution < 1.29 is 67.7 Å². The highest BCUT2D eigenvalue weighted by atomic mass is 19.4. The number of halogens is 11. The summed E-state index contributed by atoms with van der Waals surface area (Å²) < 4.78 is 143. The third-order valence-electron chi connectivity index (χ3n) is 4.96. The number of hydrogen-bond donors (Lipinski definition) is 3. The molecule has 0 unspecified atom stereocenters. The van der Waals surface area contributed by atoms with E-state index in [2.05, 4.69) is 10.6 Å². The Kier molecular flexibility index (Phi) is 9.76. The lowest BCUT2D eigenvalue weighted by atomic mass is 10.1. The molecule has 6 nitrogen and oxygen atoms in total. The second-order valence-electron chi connectivity index (χ2n) is 7.89. The molecule has 0 bridgehead atoms. The van der Waals surface area contributed by atoms with Crippen LogP contribution >= 0.6 is 0 Å². The number of rotatable bonds is 5. The number of carbonyl (C=O) groups is 2. The summed E-state index contributed by atoms with van der Waals surface area (Å²) in [6.07, 6.45) is -14.0. The predicted molar refractivity (Wildman–Crippen MR) is 109 cm³/mol. The van der Waals surface area contributed by atoms with Crippen LogP contribution in [0.4, 0.5) is 48.3 Å². The van der Waals surface area contributed by atoms with Crippen molar-refractivity contribution in [2.45, 2.75) is 44.0 Å². The summed E-state index contributed by atoms with van der Waals surface area (Å²) in [6, 6.07) is 1.05. The summed E-state index contributed by atoms with van der Waals surface area (Å²) in [5.41, 5.74) is -3.60. The van der Waals surface area contributed by atoms with E-state index in [1.165, 1.54) is 0 Å². The first-order valence-corrected chi connectivity index (χ1v) is 10.6. The molecule has 1 saturated heterocycles. The zero-order valence-electron chi connectivity index (χ0n) is 19.1. The van der Waals surface area contributed by atoms with E-state index in [4.69, 9.17) is 14.6 Å². The molecule has 2 aromatic rings. The van der Waals surface area contributed by atoms with Crippen LogP contribution in [0.3, 0.4) is 0 Å². The van der Waals surface area contributed by atoms with Crippen LogP contribution in [0.2, 0.25) is 0 Å². The minimum Gasteiger partial charge on any atom is -0.475 e. The van der Waals surface area contributed by atoms with Crippen LogP contribution in [0.25, 0.3) is 0 Å². The Morgan fingerprint density at radius 2 is 1.44 bits per heavy atom. The van der Waals surface area contributed by atoms with Crippen molar-refractivity contribution in [3.05, 3.63) is 58.7 Å². The van der Waals surface area contributed by atoms with Gasteiger partial charge in [0.2, 0.25) is 5.91 Å². The average Bonchev–Trinajstić information content (AvgIpc) is 3.34. The molecule has 3 rings (SSSR count). The molecule has 0 aromatic heterocycles. The summed E-state index contributed by atoms with van der Waals surface area (Å²) in [7, 11) is 0. The highest BCUT2D eigenvalue weighted by Gasteiger charge is 2.38.